The van der Waals surface area contributed by atoms with E-state index in [2.05, 4.69) is 54.2 Å². The number of aromatic nitrogens is 1. The summed E-state index contributed by atoms with van der Waals surface area (Å²) in [5.41, 5.74) is 6.28. The quantitative estimate of drug-likeness (QED) is 0.632. The number of hydrogen-bond donors (Lipinski definition) is 1. The van der Waals surface area contributed by atoms with E-state index >= 15 is 0 Å². The van der Waals surface area contributed by atoms with E-state index in [9.17, 15) is 4.79 Å². The number of nitrogens with zero attached hydrogens (tertiary/aromatic N) is 2. The molecule has 0 saturated carbocycles. The molecule has 0 aliphatic carbocycles. The number of thiazole rings is 1. The van der Waals surface area contributed by atoms with Gasteiger partial charge in [-0.2, -0.15) is 0 Å². The van der Waals surface area contributed by atoms with Gasteiger partial charge in [0.2, 0.25) is 0 Å². The Balaban J connectivity index is 1.79. The fourth-order valence-electron chi connectivity index (χ4n) is 3.55. The highest BCUT2D eigenvalue weighted by atomic mass is 32.1. The second kappa shape index (κ2) is 8.25. The first-order valence-corrected chi connectivity index (χ1v) is 10.8. The summed E-state index contributed by atoms with van der Waals surface area (Å²) in [6.07, 6.45) is 2.19. The lowest BCUT2D eigenvalue weighted by molar-refractivity contribution is -0.118. The van der Waals surface area contributed by atoms with Crippen molar-refractivity contribution in [3.63, 3.8) is 0 Å². The minimum Gasteiger partial charge on any atom is -0.482 e. The Kier molecular flexibility index (Phi) is 5.53. The van der Waals surface area contributed by atoms with E-state index in [0.717, 1.165) is 46.8 Å². The Morgan fingerprint density at radius 1 is 1.17 bits per heavy atom. The van der Waals surface area contributed by atoms with Gasteiger partial charge in [0.25, 0.3) is 5.91 Å². The van der Waals surface area contributed by atoms with Crippen LogP contribution >= 0.6 is 11.3 Å². The molecule has 1 aliphatic rings. The van der Waals surface area contributed by atoms with Crippen LogP contribution in [0.25, 0.3) is 11.3 Å². The number of rotatable bonds is 5. The first kappa shape index (κ1) is 19.5. The fraction of sp³-hybridized carbons (Fsp3) is 0.304. The monoisotopic (exact) mass is 407 g/mol. The number of ether oxygens (including phenoxy) is 1. The molecule has 3 aromatic rings. The third-order valence-corrected chi connectivity index (χ3v) is 5.74. The van der Waals surface area contributed by atoms with E-state index in [-0.39, 0.29) is 12.5 Å². The van der Waals surface area contributed by atoms with Gasteiger partial charge in [-0.1, -0.05) is 19.4 Å². The number of carbonyl (C=O) groups is 1. The van der Waals surface area contributed by atoms with Crippen molar-refractivity contribution in [1.82, 2.24) is 4.57 Å². The van der Waals surface area contributed by atoms with Crippen LogP contribution in [0.2, 0.25) is 0 Å². The molecule has 2 aromatic carbocycles. The fourth-order valence-corrected chi connectivity index (χ4v) is 4.51. The predicted octanol–water partition coefficient (Wildman–Crippen LogP) is 5.20. The topological polar surface area (TPSA) is 55.6 Å². The van der Waals surface area contributed by atoms with E-state index in [1.165, 1.54) is 11.1 Å². The number of benzene rings is 2. The molecule has 150 valence electrons. The van der Waals surface area contributed by atoms with Gasteiger partial charge in [-0.3, -0.25) is 4.79 Å². The van der Waals surface area contributed by atoms with E-state index in [1.807, 2.05) is 18.2 Å². The Morgan fingerprint density at radius 2 is 1.97 bits per heavy atom. The molecule has 1 amide bonds. The van der Waals surface area contributed by atoms with E-state index in [1.54, 1.807) is 11.3 Å². The van der Waals surface area contributed by atoms with Crippen LogP contribution in [0.5, 0.6) is 5.75 Å². The van der Waals surface area contributed by atoms with Gasteiger partial charge in [-0.15, -0.1) is 11.3 Å². The molecular formula is C23H25N3O2S. The van der Waals surface area contributed by atoms with E-state index in [4.69, 9.17) is 9.73 Å². The van der Waals surface area contributed by atoms with Crippen molar-refractivity contribution < 1.29 is 9.53 Å². The molecule has 0 radical (unpaired) electrons. The minimum atomic E-state index is -0.121. The average molecular weight is 408 g/mol. The Labute approximate surface area is 174 Å². The molecule has 2 heterocycles. The summed E-state index contributed by atoms with van der Waals surface area (Å²) in [7, 11) is 0. The lowest BCUT2D eigenvalue weighted by atomic mass is 10.1. The smallest absolute Gasteiger partial charge is 0.262 e. The first-order chi connectivity index (χ1) is 14.0. The highest BCUT2D eigenvalue weighted by molar-refractivity contribution is 7.07. The lowest BCUT2D eigenvalue weighted by Gasteiger charge is -2.19. The summed E-state index contributed by atoms with van der Waals surface area (Å²) >= 11 is 1.64. The molecular weight excluding hydrogens is 382 g/mol. The number of aryl methyl sites for hydroxylation is 2. The van der Waals surface area contributed by atoms with Gasteiger partial charge < -0.3 is 14.6 Å². The normalized spacial score (nSPS) is 13.8. The highest BCUT2D eigenvalue weighted by Gasteiger charge is 2.17. The molecule has 0 atom stereocenters. The summed E-state index contributed by atoms with van der Waals surface area (Å²) in [5, 5.41) is 5.04. The third kappa shape index (κ3) is 4.27. The number of hydrogen-bond acceptors (Lipinski definition) is 4. The molecule has 1 N–H and O–H groups in total. The molecule has 0 saturated heterocycles. The number of nitrogens with one attached hydrogen (secondary N) is 1. The Morgan fingerprint density at radius 3 is 2.72 bits per heavy atom. The standard InChI is InChI=1S/C23H25N3O2S/c1-4-5-8-26-20(17-6-7-21-19(12-17)25-22(27)13-28-21)14-29-23(26)24-18-10-15(2)9-16(3)11-18/h6-7,9-12,14H,4-5,8,13H2,1-3H3,(H,25,27). The lowest BCUT2D eigenvalue weighted by Crippen LogP contribution is -2.25. The van der Waals surface area contributed by atoms with Crippen molar-refractivity contribution in [2.24, 2.45) is 4.99 Å². The maximum Gasteiger partial charge on any atom is 0.262 e. The van der Waals surface area contributed by atoms with Crippen LogP contribution in [0.4, 0.5) is 11.4 Å². The first-order valence-electron chi connectivity index (χ1n) is 9.92. The number of amides is 1. The van der Waals surface area contributed by atoms with Crippen LogP contribution in [-0.2, 0) is 11.3 Å². The zero-order valence-corrected chi connectivity index (χ0v) is 17.8. The molecule has 29 heavy (non-hydrogen) atoms. The third-order valence-electron chi connectivity index (χ3n) is 4.87. The maximum atomic E-state index is 11.7. The molecule has 5 nitrogen and oxygen atoms in total. The highest BCUT2D eigenvalue weighted by Crippen LogP contribution is 2.33. The molecule has 0 unspecified atom stereocenters. The molecule has 1 aromatic heterocycles. The van der Waals surface area contributed by atoms with Crippen LogP contribution in [0.15, 0.2) is 46.8 Å². The number of unbranched alkanes of at least 4 members (excludes halogenated alkanes) is 1. The largest absolute Gasteiger partial charge is 0.482 e. The zero-order valence-electron chi connectivity index (χ0n) is 17.0. The van der Waals surface area contributed by atoms with Crippen LogP contribution in [0, 0.1) is 13.8 Å². The van der Waals surface area contributed by atoms with Crippen molar-refractivity contribution >= 4 is 28.6 Å². The van der Waals surface area contributed by atoms with Crippen molar-refractivity contribution in [3.05, 3.63) is 57.7 Å². The SMILES string of the molecule is CCCCn1c(-c2ccc3c(c2)NC(=O)CO3)csc1=Nc1cc(C)cc(C)c1. The van der Waals surface area contributed by atoms with Crippen LogP contribution < -0.4 is 14.9 Å². The van der Waals surface area contributed by atoms with Gasteiger partial charge in [0.15, 0.2) is 11.4 Å². The maximum absolute atomic E-state index is 11.7. The van der Waals surface area contributed by atoms with Crippen molar-refractivity contribution in [3.8, 4) is 17.0 Å². The van der Waals surface area contributed by atoms with E-state index < -0.39 is 0 Å². The molecule has 6 heteroatoms. The van der Waals surface area contributed by atoms with Crippen LogP contribution in [0.3, 0.4) is 0 Å². The summed E-state index contributed by atoms with van der Waals surface area (Å²) in [4.78, 5) is 17.6. The summed E-state index contributed by atoms with van der Waals surface area (Å²) in [5.74, 6) is 0.591. The molecule has 1 aliphatic heterocycles. The van der Waals surface area contributed by atoms with E-state index in [0.29, 0.717) is 5.75 Å². The summed E-state index contributed by atoms with van der Waals surface area (Å²) in [6, 6.07) is 12.3. The van der Waals surface area contributed by atoms with Crippen LogP contribution in [0.1, 0.15) is 30.9 Å². The Hall–Kier alpha value is -2.86. The van der Waals surface area contributed by atoms with Gasteiger partial charge >= 0.3 is 0 Å². The van der Waals surface area contributed by atoms with Gasteiger partial charge in [0, 0.05) is 17.5 Å². The Bertz CT molecular complexity index is 1110. The van der Waals surface area contributed by atoms with Crippen molar-refractivity contribution in [2.45, 2.75) is 40.2 Å². The molecule has 0 fully saturated rings. The molecule has 0 spiro atoms. The number of fused-ring (bicyclic) bond motifs is 1. The zero-order chi connectivity index (χ0) is 20.4. The van der Waals surface area contributed by atoms with Gasteiger partial charge in [-0.05, 0) is 61.7 Å². The van der Waals surface area contributed by atoms with Crippen molar-refractivity contribution in [1.29, 1.82) is 0 Å². The number of anilines is 1. The number of carbonyl (C=O) groups excluding carboxylic acids is 1. The predicted molar refractivity (Wildman–Crippen MR) is 118 cm³/mol. The molecule has 4 rings (SSSR count). The average Bonchev–Trinajstić information content (AvgIpc) is 3.07. The van der Waals surface area contributed by atoms with Gasteiger partial charge in [0.1, 0.15) is 5.75 Å². The van der Waals surface area contributed by atoms with Crippen LogP contribution in [-0.4, -0.2) is 17.1 Å². The van der Waals surface area contributed by atoms with Crippen molar-refractivity contribution in [2.75, 3.05) is 11.9 Å². The van der Waals surface area contributed by atoms with Gasteiger partial charge in [-0.25, -0.2) is 4.99 Å². The van der Waals surface area contributed by atoms with Gasteiger partial charge in [0.05, 0.1) is 17.1 Å². The summed E-state index contributed by atoms with van der Waals surface area (Å²) < 4.78 is 7.77. The molecule has 0 bridgehead atoms. The minimum absolute atomic E-state index is 0.0697. The summed E-state index contributed by atoms with van der Waals surface area (Å²) in [6.45, 7) is 7.36. The second-order valence-electron chi connectivity index (χ2n) is 7.41. The second-order valence-corrected chi connectivity index (χ2v) is 8.25.